The number of rotatable bonds is 20. The maximum atomic E-state index is 16.8. The highest BCUT2D eigenvalue weighted by Gasteiger charge is 2.31. The van der Waals surface area contributed by atoms with Crippen LogP contribution in [-0.2, 0) is 0 Å². The summed E-state index contributed by atoms with van der Waals surface area (Å²) in [7, 11) is 0. The lowest BCUT2D eigenvalue weighted by molar-refractivity contribution is 0.627. The Hall–Kier alpha value is -18.3. The first-order valence-electron chi connectivity index (χ1n) is 47.4. The Labute approximate surface area is 832 Å². The number of anilines is 12. The third kappa shape index (κ3) is 16.9. The molecule has 0 heterocycles. The molecule has 0 saturated carbocycles. The summed E-state index contributed by atoms with van der Waals surface area (Å²) in [6.07, 6.45) is 0. The largest absolute Gasteiger partial charge is 0.310 e. The van der Waals surface area contributed by atoms with E-state index in [9.17, 15) is 0 Å². The van der Waals surface area contributed by atoms with Gasteiger partial charge in [0.25, 0.3) is 0 Å². The molecule has 0 radical (unpaired) electrons. The molecule has 0 atom stereocenters. The zero-order valence-electron chi connectivity index (χ0n) is 78.0. The van der Waals surface area contributed by atoms with Gasteiger partial charge in [0.2, 0.25) is 0 Å². The maximum absolute atomic E-state index is 16.8. The van der Waals surface area contributed by atoms with E-state index in [0.717, 1.165) is 64.6 Å². The summed E-state index contributed by atoms with van der Waals surface area (Å²) in [5.74, 6) is -5.71. The minimum atomic E-state index is -0.509. The van der Waals surface area contributed by atoms with Crippen molar-refractivity contribution in [1.29, 1.82) is 0 Å². The molecule has 0 N–H and O–H groups in total. The van der Waals surface area contributed by atoms with Crippen molar-refractivity contribution in [3.05, 3.63) is 530 Å². The molecule has 24 aromatic carbocycles. The lowest BCUT2D eigenvalue weighted by Gasteiger charge is -2.30. The van der Waals surface area contributed by atoms with Crippen molar-refractivity contribution in [3.63, 3.8) is 0 Å². The van der Waals surface area contributed by atoms with Gasteiger partial charge >= 0.3 is 0 Å². The molecule has 0 bridgehead atoms. The fourth-order valence-corrected chi connectivity index (χ4v) is 20.6. The number of hydrogen-bond donors (Lipinski definition) is 0. The van der Waals surface area contributed by atoms with E-state index in [0.29, 0.717) is 135 Å². The number of benzene rings is 24. The Kier molecular flexibility index (Phi) is 23.8. The van der Waals surface area contributed by atoms with Crippen LogP contribution in [0.3, 0.4) is 0 Å². The van der Waals surface area contributed by atoms with Gasteiger partial charge in [0.15, 0.2) is 0 Å². The Balaban J connectivity index is 0.000000161. The fourth-order valence-electron chi connectivity index (χ4n) is 20.6. The summed E-state index contributed by atoms with van der Waals surface area (Å²) < 4.78 is 191. The summed E-state index contributed by atoms with van der Waals surface area (Å²) in [5.41, 5.74) is 13.3. The Morgan fingerprint density at radius 3 is 0.555 bits per heavy atom. The number of hydrogen-bond acceptors (Lipinski definition) is 4. The molecule has 0 spiro atoms. The van der Waals surface area contributed by atoms with Crippen LogP contribution < -0.4 is 19.6 Å². The molecular formula is C130H80F12N4. The average Bonchev–Trinajstić information content (AvgIpc) is 0.726. The highest BCUT2D eigenvalue weighted by Crippen LogP contribution is 2.55. The molecule has 0 aliphatic heterocycles. The van der Waals surface area contributed by atoms with Crippen molar-refractivity contribution >= 4 is 133 Å². The normalized spacial score (nSPS) is 11.5. The molecule has 16 heteroatoms. The quantitative estimate of drug-likeness (QED) is 0.0557. The lowest BCUT2D eigenvalue weighted by Crippen LogP contribution is -2.14. The number of halogens is 12. The Morgan fingerprint density at radius 2 is 0.342 bits per heavy atom. The van der Waals surface area contributed by atoms with Crippen LogP contribution in [0.2, 0.25) is 0 Å². The van der Waals surface area contributed by atoms with Crippen LogP contribution in [0.25, 0.3) is 154 Å². The molecule has 4 nitrogen and oxygen atoms in total. The van der Waals surface area contributed by atoms with Crippen LogP contribution in [-0.4, -0.2) is 0 Å². The summed E-state index contributed by atoms with van der Waals surface area (Å²) in [6, 6.07) is 127. The summed E-state index contributed by atoms with van der Waals surface area (Å²) >= 11 is 0. The van der Waals surface area contributed by atoms with Gasteiger partial charge in [-0.3, -0.25) is 0 Å². The highest BCUT2D eigenvalue weighted by molar-refractivity contribution is 6.30. The van der Waals surface area contributed by atoms with Crippen molar-refractivity contribution in [1.82, 2.24) is 0 Å². The SMILES string of the molecule is Cc1ccc(N(c2cc(-c3ccccc3F)cc(-c3ccccc3F)c2)c2ccc3ccc4c(N(c5cc(-c6ccccc6F)cc(-c6ccccc6F)c5)c5ccc(C)cc5F)ccc5ccc2c3c54)c(F)c1.Fc1cccc(N(c2cc(-c3ccccc3F)cc(-c3ccccc3F)c2)c2ccc3ccc4c(N(c5cccc(F)c5)c5cc(-c6ccccc6F)cc(-c6ccccc6F)c5)ccc5ccc2c3c54)c1. The van der Waals surface area contributed by atoms with Crippen molar-refractivity contribution < 1.29 is 52.7 Å². The molecule has 146 heavy (non-hydrogen) atoms. The number of nitrogens with zero attached hydrogens (tertiary/aromatic N) is 4. The van der Waals surface area contributed by atoms with Crippen LogP contribution in [0.1, 0.15) is 11.1 Å². The van der Waals surface area contributed by atoms with E-state index in [-0.39, 0.29) is 33.6 Å². The predicted molar refractivity (Wildman–Crippen MR) is 571 cm³/mol. The molecular weight excluding hydrogens is 1850 g/mol. The van der Waals surface area contributed by atoms with Gasteiger partial charge in [-0.25, -0.2) is 52.7 Å². The first-order valence-corrected chi connectivity index (χ1v) is 47.4. The molecule has 0 unspecified atom stereocenters. The zero-order valence-corrected chi connectivity index (χ0v) is 78.0. The Bertz CT molecular complexity index is 8500. The maximum Gasteiger partial charge on any atom is 0.147 e. The van der Waals surface area contributed by atoms with E-state index in [1.165, 1.54) is 84.9 Å². The molecule has 0 aliphatic carbocycles. The van der Waals surface area contributed by atoms with Crippen molar-refractivity contribution in [2.45, 2.75) is 13.8 Å². The minimum absolute atomic E-state index is 0.206. The van der Waals surface area contributed by atoms with E-state index in [2.05, 4.69) is 0 Å². The molecule has 24 rings (SSSR count). The smallest absolute Gasteiger partial charge is 0.147 e. The summed E-state index contributed by atoms with van der Waals surface area (Å²) in [5, 5.41) is 9.98. The third-order valence-electron chi connectivity index (χ3n) is 27.2. The van der Waals surface area contributed by atoms with Gasteiger partial charge in [0, 0.05) is 100 Å². The first kappa shape index (κ1) is 91.5. The second kappa shape index (κ2) is 38.0. The molecule has 0 aromatic heterocycles. The second-order valence-electron chi connectivity index (χ2n) is 36.3. The monoisotopic (exact) mass is 1920 g/mol. The first-order chi connectivity index (χ1) is 71.1. The van der Waals surface area contributed by atoms with Crippen molar-refractivity contribution in [2.75, 3.05) is 19.6 Å². The fraction of sp³-hybridized carbons (Fsp3) is 0.0154. The molecule has 0 aliphatic rings. The van der Waals surface area contributed by atoms with Crippen LogP contribution in [0.15, 0.2) is 449 Å². The van der Waals surface area contributed by atoms with E-state index in [1.807, 2.05) is 157 Å². The molecule has 0 saturated heterocycles. The van der Waals surface area contributed by atoms with Crippen LogP contribution >= 0.6 is 0 Å². The minimum Gasteiger partial charge on any atom is -0.310 e. The summed E-state index contributed by atoms with van der Waals surface area (Å²) in [6.45, 7) is 3.62. The molecule has 704 valence electrons. The van der Waals surface area contributed by atoms with Gasteiger partial charge in [-0.15, -0.1) is 0 Å². The topological polar surface area (TPSA) is 13.0 Å². The predicted octanol–water partition coefficient (Wildman–Crippen LogP) is 38.7. The van der Waals surface area contributed by atoms with Gasteiger partial charge in [-0.1, -0.05) is 243 Å². The zero-order chi connectivity index (χ0) is 99.8. The average molecular weight is 1930 g/mol. The van der Waals surface area contributed by atoms with E-state index < -0.39 is 69.8 Å². The number of aryl methyl sites for hydroxylation is 2. The molecule has 0 fully saturated rings. The lowest BCUT2D eigenvalue weighted by atomic mass is 9.91. The van der Waals surface area contributed by atoms with Crippen LogP contribution in [0, 0.1) is 83.7 Å². The van der Waals surface area contributed by atoms with Gasteiger partial charge in [0.1, 0.15) is 69.8 Å². The van der Waals surface area contributed by atoms with Gasteiger partial charge in [0.05, 0.1) is 34.1 Å². The highest BCUT2D eigenvalue weighted by atomic mass is 19.2. The van der Waals surface area contributed by atoms with Crippen LogP contribution in [0.4, 0.5) is 121 Å². The van der Waals surface area contributed by atoms with E-state index in [4.69, 9.17) is 0 Å². The van der Waals surface area contributed by atoms with E-state index in [1.54, 1.807) is 240 Å². The van der Waals surface area contributed by atoms with Gasteiger partial charge < -0.3 is 19.6 Å². The molecule has 0 amide bonds. The van der Waals surface area contributed by atoms with Crippen molar-refractivity contribution in [3.8, 4) is 89.0 Å². The second-order valence-corrected chi connectivity index (χ2v) is 36.3. The van der Waals surface area contributed by atoms with Gasteiger partial charge in [-0.2, -0.15) is 0 Å². The third-order valence-corrected chi connectivity index (χ3v) is 27.2. The standard InChI is InChI=1S/C66H42F6N2.C64H38F6N2/c1-39-19-27-63(59(71)31-39)73(47-35-43(49-11-3-7-15-55(49)67)33-44(36-47)50-12-4-8-16-56(50)68)61-29-23-41-22-26-54-62(30-24-42-21-25-53(61)65(41)66(42)54)74(64-28-20-40(2)32-60(64)72)48-37-45(51-13-5-9-17-57(51)69)34-46(38-48)52-14-6-10-18-58(52)70;65-45-11-9-13-47(37-45)71(49-33-41(51-15-1-5-19-57(51)67)31-42(34-49)52-16-2-6-20-58(52)68)61-29-25-39-24-28-56-62(30-26-40-23-27-55(61)63(39)64(40)56)72(48-14-10-12-46(66)38-48)50-35-43(53-17-3-7-21-59(53)69)32-44(36-50)54-18-4-8-22-60(54)70/h3-38H,1-2H3;1-38H. The molecule has 24 aromatic rings. The van der Waals surface area contributed by atoms with Gasteiger partial charge in [-0.05, 0) is 319 Å². The van der Waals surface area contributed by atoms with Crippen LogP contribution in [0.5, 0.6) is 0 Å². The Morgan fingerprint density at radius 1 is 0.144 bits per heavy atom. The summed E-state index contributed by atoms with van der Waals surface area (Å²) in [4.78, 5) is 7.40. The van der Waals surface area contributed by atoms with E-state index >= 15 is 52.7 Å². The van der Waals surface area contributed by atoms with Crippen molar-refractivity contribution in [2.24, 2.45) is 0 Å².